The molecule has 1 aliphatic carbocycles. The van der Waals surface area contributed by atoms with Crippen LogP contribution in [0.2, 0.25) is 5.02 Å². The third-order valence-electron chi connectivity index (χ3n) is 7.41. The van der Waals surface area contributed by atoms with E-state index in [-0.39, 0.29) is 42.4 Å². The van der Waals surface area contributed by atoms with Gasteiger partial charge in [0.05, 0.1) is 24.3 Å². The number of nitrogens with one attached hydrogen (secondary N) is 2. The standard InChI is InChI=1S/C33H31ClFN3O7.Na.H/c1-43-28-18-23-25(19-29(28)44-16-4-2-3-5-30(39)40)36-15-12-26(23)45-27-11-10-22(17-24(27)34)38-32(42)33(13-14-33)31(41)37-21-8-6-20(35)7-9-21;;/h6-12,15,17-19H,2-5,13-14,16H2,1H3,(H,37,41)(H,38,42)(H,39,40);;/q;+1;-1. The monoisotopic (exact) mass is 659 g/mol. The molecule has 0 radical (unpaired) electrons. The Labute approximate surface area is 293 Å². The van der Waals surface area contributed by atoms with Gasteiger partial charge in [0.1, 0.15) is 22.7 Å². The maximum Gasteiger partial charge on any atom is 1.00 e. The quantitative estimate of drug-likeness (QED) is 0.103. The minimum absolute atomic E-state index is 0. The van der Waals surface area contributed by atoms with Gasteiger partial charge in [0.2, 0.25) is 11.8 Å². The van der Waals surface area contributed by atoms with Crippen LogP contribution in [0.3, 0.4) is 0 Å². The minimum Gasteiger partial charge on any atom is -1.00 e. The van der Waals surface area contributed by atoms with Gasteiger partial charge in [-0.05, 0) is 86.7 Å². The number of hydrogen-bond acceptors (Lipinski definition) is 7. The summed E-state index contributed by atoms with van der Waals surface area (Å²) in [4.78, 5) is 41.1. The molecule has 5 rings (SSSR count). The molecule has 0 aliphatic heterocycles. The fourth-order valence-electron chi connectivity index (χ4n) is 4.72. The Hall–Kier alpha value is -3.90. The molecular formula is C33H32ClFN3NaO7. The van der Waals surface area contributed by atoms with Gasteiger partial charge < -0.3 is 31.4 Å². The minimum atomic E-state index is -1.21. The molecule has 46 heavy (non-hydrogen) atoms. The smallest absolute Gasteiger partial charge is 1.00 e. The normalized spacial score (nSPS) is 12.8. The third kappa shape index (κ3) is 8.47. The summed E-state index contributed by atoms with van der Waals surface area (Å²) in [6.45, 7) is 0.399. The molecule has 2 amide bonds. The number of benzene rings is 3. The number of halogens is 2. The number of hydrogen-bond donors (Lipinski definition) is 3. The largest absolute Gasteiger partial charge is 1.00 e. The number of carboxylic acid groups (broad SMARTS) is 1. The summed E-state index contributed by atoms with van der Waals surface area (Å²) in [6, 6.07) is 15.3. The van der Waals surface area contributed by atoms with Crippen LogP contribution in [0.1, 0.15) is 40.0 Å². The Bertz CT molecular complexity index is 1740. The first-order valence-electron chi connectivity index (χ1n) is 14.4. The van der Waals surface area contributed by atoms with E-state index in [0.29, 0.717) is 77.6 Å². The predicted octanol–water partition coefficient (Wildman–Crippen LogP) is 4.33. The van der Waals surface area contributed by atoms with Crippen LogP contribution in [0.5, 0.6) is 23.0 Å². The van der Waals surface area contributed by atoms with Crippen molar-refractivity contribution in [2.24, 2.45) is 5.41 Å². The molecule has 0 bridgehead atoms. The van der Waals surface area contributed by atoms with Gasteiger partial charge in [-0.1, -0.05) is 11.6 Å². The van der Waals surface area contributed by atoms with Crippen LogP contribution in [-0.4, -0.2) is 41.6 Å². The van der Waals surface area contributed by atoms with E-state index in [1.165, 1.54) is 37.4 Å². The molecule has 4 aromatic rings. The third-order valence-corrected chi connectivity index (χ3v) is 7.71. The molecule has 1 heterocycles. The molecule has 236 valence electrons. The number of methoxy groups -OCH3 is 1. The number of carbonyl (C=O) groups excluding carboxylic acids is 2. The molecule has 1 fully saturated rings. The van der Waals surface area contributed by atoms with Gasteiger partial charge >= 0.3 is 35.5 Å². The van der Waals surface area contributed by atoms with E-state index >= 15 is 0 Å². The van der Waals surface area contributed by atoms with Crippen molar-refractivity contribution in [3.05, 3.63) is 77.7 Å². The van der Waals surface area contributed by atoms with Gasteiger partial charge in [0, 0.05) is 35.4 Å². The number of nitrogens with zero attached hydrogens (tertiary/aromatic N) is 1. The van der Waals surface area contributed by atoms with E-state index in [4.69, 9.17) is 30.9 Å². The molecule has 0 atom stereocenters. The Morgan fingerprint density at radius 1 is 0.913 bits per heavy atom. The predicted molar refractivity (Wildman–Crippen MR) is 168 cm³/mol. The van der Waals surface area contributed by atoms with E-state index in [1.54, 1.807) is 36.5 Å². The molecule has 0 spiro atoms. The van der Waals surface area contributed by atoms with Crippen LogP contribution >= 0.6 is 11.6 Å². The van der Waals surface area contributed by atoms with Crippen molar-refractivity contribution < 1.29 is 69.1 Å². The average Bonchev–Trinajstić information content (AvgIpc) is 3.83. The van der Waals surface area contributed by atoms with Crippen LogP contribution in [0.15, 0.2) is 66.9 Å². The molecule has 0 saturated heterocycles. The Kier molecular flexibility index (Phi) is 11.9. The second-order valence-corrected chi connectivity index (χ2v) is 11.0. The van der Waals surface area contributed by atoms with E-state index in [1.807, 2.05) is 0 Å². The number of unbranched alkanes of at least 4 members (excludes halogenated alkanes) is 2. The maximum absolute atomic E-state index is 13.2. The SMILES string of the molecule is COc1cc2c(Oc3ccc(NC(=O)C4(C(=O)Nc5ccc(F)cc5)CC4)cc3Cl)ccnc2cc1OCCCCCC(=O)O.[H-].[Na+]. The number of ether oxygens (including phenoxy) is 3. The number of rotatable bonds is 14. The number of aromatic nitrogens is 1. The van der Waals surface area contributed by atoms with Crippen molar-refractivity contribution in [1.82, 2.24) is 4.98 Å². The summed E-state index contributed by atoms with van der Waals surface area (Å²) >= 11 is 6.54. The number of amides is 2. The van der Waals surface area contributed by atoms with Gasteiger partial charge in [-0.15, -0.1) is 0 Å². The first kappa shape index (κ1) is 35.0. The van der Waals surface area contributed by atoms with Crippen molar-refractivity contribution in [1.29, 1.82) is 0 Å². The molecule has 10 nitrogen and oxygen atoms in total. The average molecular weight is 660 g/mol. The van der Waals surface area contributed by atoms with E-state index < -0.39 is 29.0 Å². The summed E-state index contributed by atoms with van der Waals surface area (Å²) in [5.41, 5.74) is 0.181. The summed E-state index contributed by atoms with van der Waals surface area (Å²) in [6.07, 6.45) is 4.51. The zero-order chi connectivity index (χ0) is 32.0. The van der Waals surface area contributed by atoms with Crippen LogP contribution in [-0.2, 0) is 14.4 Å². The Morgan fingerprint density at radius 2 is 1.61 bits per heavy atom. The van der Waals surface area contributed by atoms with Crippen LogP contribution < -0.4 is 54.4 Å². The number of carbonyl (C=O) groups is 3. The Balaban J connectivity index is 0.00000300. The van der Waals surface area contributed by atoms with Crippen LogP contribution in [0.25, 0.3) is 10.9 Å². The number of carboxylic acids is 1. The van der Waals surface area contributed by atoms with Crippen molar-refractivity contribution in [2.45, 2.75) is 38.5 Å². The molecule has 1 aliphatic rings. The maximum atomic E-state index is 13.2. The number of fused-ring (bicyclic) bond motifs is 1. The van der Waals surface area contributed by atoms with Crippen LogP contribution in [0, 0.1) is 11.2 Å². The van der Waals surface area contributed by atoms with Crippen molar-refractivity contribution in [3.8, 4) is 23.0 Å². The molecule has 1 aromatic heterocycles. The van der Waals surface area contributed by atoms with Crippen molar-refractivity contribution >= 4 is 51.7 Å². The summed E-state index contributed by atoms with van der Waals surface area (Å²) in [5.74, 6) is -0.373. The number of anilines is 2. The van der Waals surface area contributed by atoms with Gasteiger partial charge in [-0.2, -0.15) is 0 Å². The van der Waals surface area contributed by atoms with Gasteiger partial charge in [0.15, 0.2) is 11.5 Å². The zero-order valence-electron chi connectivity index (χ0n) is 26.4. The molecule has 3 aromatic carbocycles. The molecule has 13 heteroatoms. The number of pyridine rings is 1. The summed E-state index contributed by atoms with van der Waals surface area (Å²) < 4.78 is 30.8. The fraction of sp³-hybridized carbons (Fsp3) is 0.273. The molecule has 1 saturated carbocycles. The summed E-state index contributed by atoms with van der Waals surface area (Å²) in [5, 5.41) is 15.1. The molecule has 3 N–H and O–H groups in total. The first-order valence-corrected chi connectivity index (χ1v) is 14.7. The fourth-order valence-corrected chi connectivity index (χ4v) is 4.94. The first-order chi connectivity index (χ1) is 21.7. The topological polar surface area (TPSA) is 136 Å². The second-order valence-electron chi connectivity index (χ2n) is 10.6. The van der Waals surface area contributed by atoms with E-state index in [0.717, 1.165) is 6.42 Å². The van der Waals surface area contributed by atoms with E-state index in [9.17, 15) is 18.8 Å². The summed E-state index contributed by atoms with van der Waals surface area (Å²) in [7, 11) is 1.53. The van der Waals surface area contributed by atoms with Crippen molar-refractivity contribution in [2.75, 3.05) is 24.4 Å². The van der Waals surface area contributed by atoms with Crippen LogP contribution in [0.4, 0.5) is 15.8 Å². The van der Waals surface area contributed by atoms with Gasteiger partial charge in [0.25, 0.3) is 0 Å². The van der Waals surface area contributed by atoms with Gasteiger partial charge in [-0.3, -0.25) is 19.4 Å². The molecule has 0 unspecified atom stereocenters. The molecular weight excluding hydrogens is 628 g/mol. The Morgan fingerprint density at radius 3 is 2.26 bits per heavy atom. The number of aliphatic carboxylic acids is 1. The zero-order valence-corrected chi connectivity index (χ0v) is 28.2. The van der Waals surface area contributed by atoms with Crippen molar-refractivity contribution in [3.63, 3.8) is 0 Å². The second kappa shape index (κ2) is 15.6. The van der Waals surface area contributed by atoms with Gasteiger partial charge in [-0.25, -0.2) is 4.39 Å². The van der Waals surface area contributed by atoms with E-state index in [2.05, 4.69) is 15.6 Å².